The molecule has 2 saturated heterocycles. The largest absolute Gasteiger partial charge is 0.424 e. The first-order valence-electron chi connectivity index (χ1n) is 13.5. The molecule has 2 aliphatic heterocycles. The minimum atomic E-state index is -3.38. The fourth-order valence-electron chi connectivity index (χ4n) is 5.01. The molecule has 1 N–H and O–H groups in total. The number of thiophene rings is 1. The van der Waals surface area contributed by atoms with Crippen LogP contribution in [-0.2, 0) is 25.3 Å². The molecule has 9 nitrogen and oxygen atoms in total. The number of carbonyl (C=O) groups is 2. The van der Waals surface area contributed by atoms with Crippen molar-refractivity contribution in [2.24, 2.45) is 0 Å². The molecule has 3 aromatic rings. The zero-order valence-corrected chi connectivity index (χ0v) is 25.9. The van der Waals surface area contributed by atoms with Crippen molar-refractivity contribution in [3.63, 3.8) is 0 Å². The van der Waals surface area contributed by atoms with Crippen LogP contribution in [0.5, 0.6) is 5.75 Å². The van der Waals surface area contributed by atoms with Crippen molar-refractivity contribution in [3.05, 3.63) is 69.5 Å². The van der Waals surface area contributed by atoms with Crippen molar-refractivity contribution in [2.45, 2.75) is 31.6 Å². The summed E-state index contributed by atoms with van der Waals surface area (Å²) in [6.45, 7) is 4.14. The van der Waals surface area contributed by atoms with Crippen LogP contribution in [-0.4, -0.2) is 74.9 Å². The van der Waals surface area contributed by atoms with Crippen LogP contribution >= 0.6 is 27.3 Å². The molecular weight excluding hydrogens is 630 g/mol. The molecule has 1 amide bonds. The Bertz CT molecular complexity index is 1500. The molecule has 2 aliphatic rings. The molecule has 3 heterocycles. The number of hydrogen-bond donors (Lipinski definition) is 1. The third-order valence-corrected chi connectivity index (χ3v) is 11.2. The van der Waals surface area contributed by atoms with Crippen LogP contribution < -0.4 is 10.1 Å². The van der Waals surface area contributed by atoms with E-state index in [1.54, 1.807) is 9.21 Å². The van der Waals surface area contributed by atoms with Gasteiger partial charge in [0.25, 0.3) is 5.91 Å². The van der Waals surface area contributed by atoms with Gasteiger partial charge in [-0.15, -0.1) is 11.3 Å². The smallest absolute Gasteiger partial charge is 0.308 e. The van der Waals surface area contributed by atoms with Gasteiger partial charge >= 0.3 is 5.97 Å². The molecule has 0 unspecified atom stereocenters. The molecule has 12 heteroatoms. The minimum Gasteiger partial charge on any atom is -0.424 e. The average Bonchev–Trinajstić information content (AvgIpc) is 3.29. The highest BCUT2D eigenvalue weighted by atomic mass is 79.9. The van der Waals surface area contributed by atoms with E-state index in [9.17, 15) is 18.0 Å². The number of anilines is 1. The lowest BCUT2D eigenvalue weighted by molar-refractivity contribution is -0.131. The Labute approximate surface area is 252 Å². The number of nitrogens with one attached hydrogen (secondary N) is 1. The summed E-state index contributed by atoms with van der Waals surface area (Å²) < 4.78 is 38.9. The zero-order valence-electron chi connectivity index (χ0n) is 22.7. The second-order valence-electron chi connectivity index (χ2n) is 10.0. The summed E-state index contributed by atoms with van der Waals surface area (Å²) >= 11 is 4.87. The lowest BCUT2D eigenvalue weighted by Crippen LogP contribution is -2.42. The van der Waals surface area contributed by atoms with E-state index in [0.29, 0.717) is 61.6 Å². The van der Waals surface area contributed by atoms with Crippen LogP contribution in [0, 0.1) is 0 Å². The van der Waals surface area contributed by atoms with E-state index in [-0.39, 0.29) is 23.5 Å². The van der Waals surface area contributed by atoms with Gasteiger partial charge < -0.3 is 19.7 Å². The molecule has 41 heavy (non-hydrogen) atoms. The molecule has 0 radical (unpaired) electrons. The number of nitrogens with zero attached hydrogens (tertiary/aromatic N) is 2. The van der Waals surface area contributed by atoms with Gasteiger partial charge in [0.15, 0.2) is 5.75 Å². The van der Waals surface area contributed by atoms with Crippen LogP contribution in [0.3, 0.4) is 0 Å². The van der Waals surface area contributed by atoms with Gasteiger partial charge in [0, 0.05) is 44.8 Å². The monoisotopic (exact) mass is 661 g/mol. The SMILES string of the molecule is CC(=O)Oc1c(C(=O)N2CCOCC2)sc(-c2cccc(NC3CCN(S(=O)(=O)Cc4ccccc4)CC3)c2)c1Br. The highest BCUT2D eigenvalue weighted by molar-refractivity contribution is 9.10. The quantitative estimate of drug-likeness (QED) is 0.340. The molecule has 0 atom stereocenters. The number of amides is 1. The molecule has 1 aromatic heterocycles. The first kappa shape index (κ1) is 29.7. The summed E-state index contributed by atoms with van der Waals surface area (Å²) in [6, 6.07) is 17.2. The standard InChI is InChI=1S/C29H32BrN3O6S2/c1-20(34)39-26-25(30)27(40-28(26)29(35)32-14-16-38-17-15-32)22-8-5-9-24(18-22)31-23-10-12-33(13-11-23)41(36,37)19-21-6-3-2-4-7-21/h2-9,18,23,31H,10-17,19H2,1H3. The van der Waals surface area contributed by atoms with Crippen LogP contribution in [0.25, 0.3) is 10.4 Å². The van der Waals surface area contributed by atoms with E-state index in [1.165, 1.54) is 18.3 Å². The number of hydrogen-bond acceptors (Lipinski definition) is 8. The number of halogens is 1. The maximum atomic E-state index is 13.3. The van der Waals surface area contributed by atoms with E-state index >= 15 is 0 Å². The third kappa shape index (κ3) is 7.18. The molecule has 5 rings (SSSR count). The molecule has 2 fully saturated rings. The Balaban J connectivity index is 1.28. The van der Waals surface area contributed by atoms with E-state index in [1.807, 2.05) is 54.6 Å². The minimum absolute atomic E-state index is 0.00896. The van der Waals surface area contributed by atoms with Gasteiger partial charge in [0.2, 0.25) is 10.0 Å². The van der Waals surface area contributed by atoms with E-state index in [0.717, 1.165) is 21.7 Å². The van der Waals surface area contributed by atoms with Crippen LogP contribution in [0.1, 0.15) is 35.0 Å². The lowest BCUT2D eigenvalue weighted by Gasteiger charge is -2.32. The first-order chi connectivity index (χ1) is 19.7. The molecule has 0 aliphatic carbocycles. The van der Waals surface area contributed by atoms with Crippen molar-refractivity contribution in [1.29, 1.82) is 0 Å². The van der Waals surface area contributed by atoms with Crippen LogP contribution in [0.15, 0.2) is 59.1 Å². The number of rotatable bonds is 8. The van der Waals surface area contributed by atoms with Gasteiger partial charge in [-0.3, -0.25) is 9.59 Å². The van der Waals surface area contributed by atoms with Gasteiger partial charge in [-0.1, -0.05) is 42.5 Å². The highest BCUT2D eigenvalue weighted by Gasteiger charge is 2.30. The predicted octanol–water partition coefficient (Wildman–Crippen LogP) is 4.98. The molecule has 0 spiro atoms. The fourth-order valence-corrected chi connectivity index (χ4v) is 8.54. The average molecular weight is 663 g/mol. The Morgan fingerprint density at radius 1 is 1.05 bits per heavy atom. The van der Waals surface area contributed by atoms with Gasteiger partial charge in [0.05, 0.1) is 28.3 Å². The number of ether oxygens (including phenoxy) is 2. The summed E-state index contributed by atoms with van der Waals surface area (Å²) in [7, 11) is -3.38. The number of morpholine rings is 1. The lowest BCUT2D eigenvalue weighted by atomic mass is 10.1. The number of sulfonamides is 1. The van der Waals surface area contributed by atoms with Crippen molar-refractivity contribution < 1.29 is 27.5 Å². The molecule has 2 aromatic carbocycles. The van der Waals surface area contributed by atoms with Crippen LogP contribution in [0.4, 0.5) is 5.69 Å². The van der Waals surface area contributed by atoms with Crippen molar-refractivity contribution in [3.8, 4) is 16.2 Å². The summed E-state index contributed by atoms with van der Waals surface area (Å²) in [5, 5.41) is 3.55. The summed E-state index contributed by atoms with van der Waals surface area (Å²) in [5.41, 5.74) is 2.55. The van der Waals surface area contributed by atoms with Gasteiger partial charge in [-0.05, 0) is 52.0 Å². The maximum Gasteiger partial charge on any atom is 0.308 e. The Morgan fingerprint density at radius 2 is 1.76 bits per heavy atom. The topological polar surface area (TPSA) is 105 Å². The van der Waals surface area contributed by atoms with E-state index in [2.05, 4.69) is 21.2 Å². The second-order valence-corrected chi connectivity index (χ2v) is 13.8. The highest BCUT2D eigenvalue weighted by Crippen LogP contribution is 2.46. The Kier molecular flexibility index (Phi) is 9.45. The molecule has 0 saturated carbocycles. The fraction of sp³-hybridized carbons (Fsp3) is 0.379. The molecule has 218 valence electrons. The Hall–Kier alpha value is -2.77. The summed E-state index contributed by atoms with van der Waals surface area (Å²) in [4.78, 5) is 28.1. The van der Waals surface area contributed by atoms with Gasteiger partial charge in [-0.2, -0.15) is 0 Å². The van der Waals surface area contributed by atoms with Crippen molar-refractivity contribution >= 4 is 54.9 Å². The molecule has 0 bridgehead atoms. The normalized spacial score (nSPS) is 16.9. The van der Waals surface area contributed by atoms with E-state index in [4.69, 9.17) is 9.47 Å². The third-order valence-electron chi connectivity index (χ3n) is 7.08. The number of esters is 1. The summed E-state index contributed by atoms with van der Waals surface area (Å²) in [6.07, 6.45) is 1.38. The van der Waals surface area contributed by atoms with Gasteiger partial charge in [-0.25, -0.2) is 12.7 Å². The predicted molar refractivity (Wildman–Crippen MR) is 163 cm³/mol. The zero-order chi connectivity index (χ0) is 29.0. The number of benzene rings is 2. The Morgan fingerprint density at radius 3 is 2.44 bits per heavy atom. The van der Waals surface area contributed by atoms with Crippen LogP contribution in [0.2, 0.25) is 0 Å². The molecular formula is C29H32BrN3O6S2. The van der Waals surface area contributed by atoms with E-state index < -0.39 is 16.0 Å². The number of piperidine rings is 1. The van der Waals surface area contributed by atoms with Crippen molar-refractivity contribution in [1.82, 2.24) is 9.21 Å². The number of carbonyl (C=O) groups excluding carboxylic acids is 2. The summed E-state index contributed by atoms with van der Waals surface area (Å²) in [5.74, 6) is -0.450. The maximum absolute atomic E-state index is 13.3. The first-order valence-corrected chi connectivity index (χ1v) is 16.7. The van der Waals surface area contributed by atoms with Gasteiger partial charge in [0.1, 0.15) is 4.88 Å². The second kappa shape index (κ2) is 13.0. The van der Waals surface area contributed by atoms with Crippen molar-refractivity contribution in [2.75, 3.05) is 44.7 Å².